The second-order valence-corrected chi connectivity index (χ2v) is 15.3. The van der Waals surface area contributed by atoms with Gasteiger partial charge in [0.25, 0.3) is 0 Å². The average Bonchev–Trinajstić information content (AvgIpc) is 3.20. The lowest BCUT2D eigenvalue weighted by Crippen LogP contribution is -2.30. The molecule has 1 unspecified atom stereocenters. The Labute approximate surface area is 347 Å². The highest BCUT2D eigenvalue weighted by molar-refractivity contribution is 5.70. The quantitative estimate of drug-likeness (QED) is 0.0351. The van der Waals surface area contributed by atoms with Crippen molar-refractivity contribution in [2.75, 3.05) is 19.8 Å². The molecule has 0 fully saturated rings. The molecule has 5 nitrogen and oxygen atoms in total. The SMILES string of the molecule is CC/C=C\C/C=C\C/C=C\C/C=C\CCCOCC(COC(=O)CCCCCCC/C=C\C/C=C\CCCCC)OC(=O)CCCCCCCCCCCCC. The molecule has 5 heteroatoms. The van der Waals surface area contributed by atoms with Crippen molar-refractivity contribution >= 4 is 11.9 Å². The summed E-state index contributed by atoms with van der Waals surface area (Å²) in [6.45, 7) is 7.53. The number of hydrogen-bond donors (Lipinski definition) is 0. The van der Waals surface area contributed by atoms with Gasteiger partial charge >= 0.3 is 11.9 Å². The van der Waals surface area contributed by atoms with Gasteiger partial charge in [0.05, 0.1) is 6.61 Å². The van der Waals surface area contributed by atoms with Crippen molar-refractivity contribution in [1.82, 2.24) is 0 Å². The summed E-state index contributed by atoms with van der Waals surface area (Å²) in [6.07, 6.45) is 59.1. The maximum absolute atomic E-state index is 12.7. The summed E-state index contributed by atoms with van der Waals surface area (Å²) < 4.78 is 17.2. The minimum absolute atomic E-state index is 0.0555. The number of hydrogen-bond acceptors (Lipinski definition) is 5. The first-order valence-electron chi connectivity index (χ1n) is 23.5. The summed E-state index contributed by atoms with van der Waals surface area (Å²) in [5.74, 6) is -0.444. The third-order valence-electron chi connectivity index (χ3n) is 9.73. The van der Waals surface area contributed by atoms with E-state index in [4.69, 9.17) is 14.2 Å². The van der Waals surface area contributed by atoms with Crippen molar-refractivity contribution in [1.29, 1.82) is 0 Å². The van der Waals surface area contributed by atoms with Crippen molar-refractivity contribution < 1.29 is 23.8 Å². The molecule has 0 heterocycles. The van der Waals surface area contributed by atoms with E-state index in [1.165, 1.54) is 96.3 Å². The maximum atomic E-state index is 12.7. The number of ether oxygens (including phenoxy) is 3. The molecule has 322 valence electrons. The Morgan fingerprint density at radius 3 is 1.32 bits per heavy atom. The average molecular weight is 781 g/mol. The molecular weight excluding hydrogens is 693 g/mol. The third kappa shape index (κ3) is 44.1. The van der Waals surface area contributed by atoms with Crippen LogP contribution in [0.1, 0.15) is 213 Å². The lowest BCUT2D eigenvalue weighted by atomic mass is 10.1. The van der Waals surface area contributed by atoms with E-state index in [1.807, 2.05) is 0 Å². The van der Waals surface area contributed by atoms with Crippen molar-refractivity contribution in [3.63, 3.8) is 0 Å². The Morgan fingerprint density at radius 2 is 0.804 bits per heavy atom. The molecule has 0 radical (unpaired) electrons. The van der Waals surface area contributed by atoms with Crippen LogP contribution in [-0.4, -0.2) is 37.9 Å². The van der Waals surface area contributed by atoms with Crippen LogP contribution in [0.15, 0.2) is 72.9 Å². The fourth-order valence-corrected chi connectivity index (χ4v) is 6.25. The predicted octanol–water partition coefficient (Wildman–Crippen LogP) is 15.6. The van der Waals surface area contributed by atoms with Crippen molar-refractivity contribution in [2.45, 2.75) is 219 Å². The largest absolute Gasteiger partial charge is 0.462 e. The Balaban J connectivity index is 4.36. The molecule has 0 aliphatic carbocycles. The van der Waals surface area contributed by atoms with Crippen LogP contribution >= 0.6 is 0 Å². The van der Waals surface area contributed by atoms with Crippen molar-refractivity contribution in [3.8, 4) is 0 Å². The van der Waals surface area contributed by atoms with Crippen LogP contribution < -0.4 is 0 Å². The first-order valence-corrected chi connectivity index (χ1v) is 23.5. The maximum Gasteiger partial charge on any atom is 0.306 e. The molecule has 0 N–H and O–H groups in total. The highest BCUT2D eigenvalue weighted by Crippen LogP contribution is 2.13. The first-order chi connectivity index (χ1) is 27.6. The van der Waals surface area contributed by atoms with E-state index >= 15 is 0 Å². The summed E-state index contributed by atoms with van der Waals surface area (Å²) in [4.78, 5) is 25.3. The highest BCUT2D eigenvalue weighted by Gasteiger charge is 2.17. The van der Waals surface area contributed by atoms with Crippen LogP contribution in [0, 0.1) is 0 Å². The molecule has 56 heavy (non-hydrogen) atoms. The van der Waals surface area contributed by atoms with E-state index in [2.05, 4.69) is 93.7 Å². The molecule has 0 spiro atoms. The van der Waals surface area contributed by atoms with Gasteiger partial charge in [-0.3, -0.25) is 9.59 Å². The van der Waals surface area contributed by atoms with Gasteiger partial charge in [-0.05, 0) is 83.5 Å². The highest BCUT2D eigenvalue weighted by atomic mass is 16.6. The fourth-order valence-electron chi connectivity index (χ4n) is 6.25. The standard InChI is InChI=1S/C51H88O5/c1-4-7-10-13-16-19-22-24-26-27-30-32-35-38-41-44-50(52)55-48-49(56-51(53)45-42-39-36-33-29-21-18-15-12-9-6-3)47-54-46-43-40-37-34-31-28-25-23-20-17-14-11-8-5-2/h8,11,16-17,19-20,24-26,28,34,37,49H,4-7,9-10,12-15,18,21-23,27,29-33,35-36,38-48H2,1-3H3/b11-8-,19-16-,20-17-,26-24-,28-25-,37-34-. The Morgan fingerprint density at radius 1 is 0.411 bits per heavy atom. The molecule has 0 aromatic rings. The van der Waals surface area contributed by atoms with Crippen LogP contribution in [0.3, 0.4) is 0 Å². The number of carbonyl (C=O) groups excluding carboxylic acids is 2. The molecule has 0 rings (SSSR count). The molecule has 0 aromatic heterocycles. The van der Waals surface area contributed by atoms with Gasteiger partial charge in [0.1, 0.15) is 6.61 Å². The van der Waals surface area contributed by atoms with Gasteiger partial charge in [-0.15, -0.1) is 0 Å². The summed E-state index contributed by atoms with van der Waals surface area (Å²) in [5.41, 5.74) is 0. The molecule has 0 aliphatic rings. The van der Waals surface area contributed by atoms with Crippen LogP contribution in [-0.2, 0) is 23.8 Å². The molecule has 0 saturated carbocycles. The normalized spacial score (nSPS) is 12.8. The van der Waals surface area contributed by atoms with Gasteiger partial charge in [-0.1, -0.05) is 190 Å². The topological polar surface area (TPSA) is 61.8 Å². The predicted molar refractivity (Wildman–Crippen MR) is 242 cm³/mol. The molecule has 0 aliphatic heterocycles. The van der Waals surface area contributed by atoms with Crippen LogP contribution in [0.4, 0.5) is 0 Å². The van der Waals surface area contributed by atoms with Crippen LogP contribution in [0.25, 0.3) is 0 Å². The van der Waals surface area contributed by atoms with Crippen molar-refractivity contribution in [3.05, 3.63) is 72.9 Å². The molecule has 1 atom stereocenters. The van der Waals surface area contributed by atoms with E-state index in [-0.39, 0.29) is 25.2 Å². The molecular formula is C51H88O5. The third-order valence-corrected chi connectivity index (χ3v) is 9.73. The number of unbranched alkanes of at least 4 members (excludes halogenated alkanes) is 19. The fraction of sp³-hybridized carbons (Fsp3) is 0.725. The monoisotopic (exact) mass is 781 g/mol. The Kier molecular flexibility index (Phi) is 44.5. The summed E-state index contributed by atoms with van der Waals surface area (Å²) in [6, 6.07) is 0. The van der Waals surface area contributed by atoms with E-state index in [9.17, 15) is 9.59 Å². The first kappa shape index (κ1) is 53.3. The zero-order valence-electron chi connectivity index (χ0n) is 36.9. The lowest BCUT2D eigenvalue weighted by Gasteiger charge is -2.18. The van der Waals surface area contributed by atoms with E-state index in [0.717, 1.165) is 83.5 Å². The minimum Gasteiger partial charge on any atom is -0.462 e. The van der Waals surface area contributed by atoms with E-state index in [0.29, 0.717) is 19.4 Å². The number of esters is 2. The van der Waals surface area contributed by atoms with Gasteiger partial charge in [0.2, 0.25) is 0 Å². The second kappa shape index (κ2) is 46.7. The number of carbonyl (C=O) groups is 2. The van der Waals surface area contributed by atoms with Crippen LogP contribution in [0.2, 0.25) is 0 Å². The lowest BCUT2D eigenvalue weighted by molar-refractivity contribution is -0.163. The smallest absolute Gasteiger partial charge is 0.306 e. The Bertz CT molecular complexity index is 1020. The summed E-state index contributed by atoms with van der Waals surface area (Å²) in [5, 5.41) is 0. The van der Waals surface area contributed by atoms with Gasteiger partial charge in [0, 0.05) is 19.4 Å². The van der Waals surface area contributed by atoms with Crippen LogP contribution in [0.5, 0.6) is 0 Å². The molecule has 0 bridgehead atoms. The minimum atomic E-state index is -0.568. The van der Waals surface area contributed by atoms with E-state index < -0.39 is 6.10 Å². The van der Waals surface area contributed by atoms with Crippen molar-refractivity contribution in [2.24, 2.45) is 0 Å². The zero-order chi connectivity index (χ0) is 40.7. The zero-order valence-corrected chi connectivity index (χ0v) is 36.9. The van der Waals surface area contributed by atoms with Gasteiger partial charge in [0.15, 0.2) is 6.10 Å². The summed E-state index contributed by atoms with van der Waals surface area (Å²) >= 11 is 0. The molecule has 0 saturated heterocycles. The van der Waals surface area contributed by atoms with Gasteiger partial charge < -0.3 is 14.2 Å². The van der Waals surface area contributed by atoms with Gasteiger partial charge in [-0.2, -0.15) is 0 Å². The Hall–Kier alpha value is -2.66. The van der Waals surface area contributed by atoms with E-state index in [1.54, 1.807) is 0 Å². The summed E-state index contributed by atoms with van der Waals surface area (Å²) in [7, 11) is 0. The number of allylic oxidation sites excluding steroid dienone is 12. The molecule has 0 aromatic carbocycles. The second-order valence-electron chi connectivity index (χ2n) is 15.3. The number of rotatable bonds is 42. The van der Waals surface area contributed by atoms with Gasteiger partial charge in [-0.25, -0.2) is 0 Å². The molecule has 0 amide bonds.